The van der Waals surface area contributed by atoms with E-state index in [4.69, 9.17) is 4.74 Å². The van der Waals surface area contributed by atoms with Gasteiger partial charge in [0.2, 0.25) is 0 Å². The van der Waals surface area contributed by atoms with Gasteiger partial charge in [-0.3, -0.25) is 0 Å². The van der Waals surface area contributed by atoms with E-state index >= 15 is 0 Å². The number of nitrogens with zero attached hydrogens (tertiary/aromatic N) is 1. The van der Waals surface area contributed by atoms with Crippen LogP contribution in [0.3, 0.4) is 0 Å². The Kier molecular flexibility index (Phi) is 7.04. The summed E-state index contributed by atoms with van der Waals surface area (Å²) >= 11 is 0. The summed E-state index contributed by atoms with van der Waals surface area (Å²) in [5.74, 6) is 0.550. The van der Waals surface area contributed by atoms with E-state index < -0.39 is 13.4 Å². The third-order valence-electron chi connectivity index (χ3n) is 1.97. The number of halogens is 3. The third kappa shape index (κ3) is 5.58. The molecule has 0 fully saturated rings. The van der Waals surface area contributed by atoms with Crippen molar-refractivity contribution in [2.45, 2.75) is 0 Å². The molecule has 0 saturated heterocycles. The van der Waals surface area contributed by atoms with E-state index in [1.807, 2.05) is 0 Å². The van der Waals surface area contributed by atoms with Gasteiger partial charge in [-0.1, -0.05) is 6.07 Å². The Morgan fingerprint density at radius 1 is 1.31 bits per heavy atom. The minimum Gasteiger partial charge on any atom is -0.497 e. The van der Waals surface area contributed by atoms with Crippen molar-refractivity contribution in [3.63, 3.8) is 0 Å². The summed E-state index contributed by atoms with van der Waals surface area (Å²) in [5, 5.41) is 0. The summed E-state index contributed by atoms with van der Waals surface area (Å²) in [4.78, 5) is 1.16. The minimum atomic E-state index is -4.80. The van der Waals surface area contributed by atoms with E-state index in [1.165, 1.54) is 14.2 Å². The molecule has 0 N–H and O–H groups in total. The molecule has 0 aliphatic rings. The zero-order valence-electron chi connectivity index (χ0n) is 9.58. The number of methoxy groups -OCH3 is 1. The minimum absolute atomic E-state index is 0. The molecular weight excluding hydrogens is 245 g/mol. The topological polar surface area (TPSA) is 12.5 Å². The Labute approximate surface area is 136 Å². The average molecular weight is 257 g/mol. The molecule has 0 amide bonds. The van der Waals surface area contributed by atoms with Crippen molar-refractivity contribution in [3.8, 4) is 5.75 Å². The van der Waals surface area contributed by atoms with Gasteiger partial charge in [-0.05, 0) is 18.6 Å². The molecule has 84 valence electrons. The Hall–Kier alpha value is 0.311. The first-order valence-corrected chi connectivity index (χ1v) is 4.48. The quantitative estimate of drug-likeness (QED) is 0.676. The van der Waals surface area contributed by atoms with Gasteiger partial charge >= 0.3 is 58.4 Å². The molecule has 1 aromatic carbocycles. The van der Waals surface area contributed by atoms with Crippen LogP contribution in [-0.2, 0) is 0 Å². The van der Waals surface area contributed by atoms with Gasteiger partial charge in [-0.2, -0.15) is 0 Å². The molecule has 7 heteroatoms. The molecule has 0 saturated carbocycles. The van der Waals surface area contributed by atoms with Crippen LogP contribution in [0.2, 0.25) is 0 Å². The molecule has 0 radical (unpaired) electrons. The molecule has 0 atom stereocenters. The van der Waals surface area contributed by atoms with E-state index in [2.05, 4.69) is 0 Å². The van der Waals surface area contributed by atoms with E-state index in [0.29, 0.717) is 11.4 Å². The molecule has 2 nitrogen and oxygen atoms in total. The van der Waals surface area contributed by atoms with Crippen LogP contribution in [0.15, 0.2) is 24.3 Å². The molecule has 1 aromatic rings. The number of hydrogen-bond donors (Lipinski definition) is 0. The number of benzene rings is 1. The van der Waals surface area contributed by atoms with Crippen molar-refractivity contribution in [3.05, 3.63) is 24.3 Å². The monoisotopic (exact) mass is 257 g/mol. The molecule has 1 rings (SSSR count). The van der Waals surface area contributed by atoms with Gasteiger partial charge in [-0.15, -0.1) is 0 Å². The number of anilines is 1. The van der Waals surface area contributed by atoms with Crippen LogP contribution in [0.25, 0.3) is 0 Å². The second-order valence-electron chi connectivity index (χ2n) is 3.29. The Morgan fingerprint density at radius 2 is 1.94 bits per heavy atom. The summed E-state index contributed by atoms with van der Waals surface area (Å²) in [6, 6.07) is 6.54. The summed E-state index contributed by atoms with van der Waals surface area (Å²) < 4.78 is 41.4. The van der Waals surface area contributed by atoms with Crippen LogP contribution in [0.4, 0.5) is 18.6 Å². The molecule has 0 aliphatic heterocycles. The zero-order chi connectivity index (χ0) is 11.5. The maximum absolute atomic E-state index is 12.2. The molecule has 0 spiro atoms. The zero-order valence-corrected chi connectivity index (χ0v) is 12.7. The molecule has 16 heavy (non-hydrogen) atoms. The third-order valence-corrected chi connectivity index (χ3v) is 1.97. The first kappa shape index (κ1) is 16.3. The van der Waals surface area contributed by atoms with Crippen molar-refractivity contribution in [2.24, 2.45) is 0 Å². The van der Waals surface area contributed by atoms with E-state index in [9.17, 15) is 12.9 Å². The Balaban J connectivity index is 0.00000225. The molecule has 0 aliphatic carbocycles. The Morgan fingerprint density at radius 3 is 2.44 bits per heavy atom. The van der Waals surface area contributed by atoms with Crippen molar-refractivity contribution < 1.29 is 69.1 Å². The molecule has 0 aromatic heterocycles. The summed E-state index contributed by atoms with van der Waals surface area (Å²) in [7, 11) is 2.89. The predicted octanol–water partition coefficient (Wildman–Crippen LogP) is -0.478. The number of ether oxygens (including phenoxy) is 1. The van der Waals surface area contributed by atoms with Crippen molar-refractivity contribution in [2.75, 3.05) is 25.5 Å². The molecule has 0 heterocycles. The van der Waals surface area contributed by atoms with E-state index in [0.717, 1.165) is 4.90 Å². The molecular formula is C9H12BF3KNO. The average Bonchev–Trinajstić information content (AvgIpc) is 2.15. The van der Waals surface area contributed by atoms with E-state index in [1.54, 1.807) is 24.3 Å². The number of hydrogen-bond acceptors (Lipinski definition) is 2. The van der Waals surface area contributed by atoms with Gasteiger partial charge in [0.25, 0.3) is 0 Å². The van der Waals surface area contributed by atoms with Crippen LogP contribution in [-0.4, -0.2) is 27.6 Å². The first-order valence-electron chi connectivity index (χ1n) is 4.48. The van der Waals surface area contributed by atoms with Crippen molar-refractivity contribution >= 4 is 12.7 Å². The maximum Gasteiger partial charge on any atom is 1.00 e. The van der Waals surface area contributed by atoms with Crippen molar-refractivity contribution in [1.82, 2.24) is 0 Å². The van der Waals surface area contributed by atoms with E-state index in [-0.39, 0.29) is 51.4 Å². The second-order valence-corrected chi connectivity index (χ2v) is 3.29. The Bertz CT molecular complexity index is 335. The van der Waals surface area contributed by atoms with Gasteiger partial charge in [0.05, 0.1) is 7.11 Å². The fourth-order valence-electron chi connectivity index (χ4n) is 1.26. The smallest absolute Gasteiger partial charge is 0.497 e. The molecule has 0 bridgehead atoms. The van der Waals surface area contributed by atoms with Crippen LogP contribution in [0, 0.1) is 0 Å². The first-order chi connectivity index (χ1) is 6.92. The number of rotatable bonds is 4. The SMILES string of the molecule is COc1cccc(N(C)C[B-](F)(F)F)c1.[K+]. The fourth-order valence-corrected chi connectivity index (χ4v) is 1.26. The van der Waals surface area contributed by atoms with Crippen LogP contribution in [0.1, 0.15) is 0 Å². The largest absolute Gasteiger partial charge is 1.00 e. The van der Waals surface area contributed by atoms with Crippen LogP contribution in [0.5, 0.6) is 5.75 Å². The summed E-state index contributed by atoms with van der Waals surface area (Å²) in [6.45, 7) is -4.80. The van der Waals surface area contributed by atoms with Crippen LogP contribution >= 0.6 is 0 Å². The fraction of sp³-hybridized carbons (Fsp3) is 0.333. The van der Waals surface area contributed by atoms with Gasteiger partial charge in [0.15, 0.2) is 0 Å². The van der Waals surface area contributed by atoms with Gasteiger partial charge in [0.1, 0.15) is 5.75 Å². The van der Waals surface area contributed by atoms with Gasteiger partial charge in [-0.25, -0.2) is 0 Å². The van der Waals surface area contributed by atoms with Gasteiger partial charge < -0.3 is 22.6 Å². The maximum atomic E-state index is 12.2. The second kappa shape index (κ2) is 6.90. The summed E-state index contributed by atoms with van der Waals surface area (Å²) in [5.41, 5.74) is 0.494. The molecule has 0 unspecified atom stereocenters. The standard InChI is InChI=1S/C9H12BF3NO.K/c1-14(7-10(11,12)13)8-4-3-5-9(6-8)15-2;/h3-6H,7H2,1-2H3;/q-1;+1. The normalized spacial score (nSPS) is 10.6. The van der Waals surface area contributed by atoms with Gasteiger partial charge in [0, 0.05) is 18.8 Å². The van der Waals surface area contributed by atoms with Crippen LogP contribution < -0.4 is 61.0 Å². The summed E-state index contributed by atoms with van der Waals surface area (Å²) in [6.07, 6.45) is -0.910. The predicted molar refractivity (Wildman–Crippen MR) is 55.3 cm³/mol. The van der Waals surface area contributed by atoms with Crippen molar-refractivity contribution in [1.29, 1.82) is 0 Å².